The molecule has 0 aliphatic rings. The lowest BCUT2D eigenvalue weighted by Crippen LogP contribution is -2.14. The molecule has 0 spiro atoms. The van der Waals surface area contributed by atoms with E-state index < -0.39 is 0 Å². The summed E-state index contributed by atoms with van der Waals surface area (Å²) in [5.41, 5.74) is 11.1. The van der Waals surface area contributed by atoms with Crippen molar-refractivity contribution in [3.8, 4) is 28.8 Å². The number of benzene rings is 10. The normalized spacial score (nSPS) is 12.0. The minimum absolute atomic E-state index is 0.373. The topological polar surface area (TPSA) is 47.9 Å². The molecule has 5 aromatic heterocycles. The second-order valence-corrected chi connectivity index (χ2v) is 18.8. The van der Waals surface area contributed by atoms with Gasteiger partial charge in [-0.25, -0.2) is 4.85 Å². The molecule has 0 aliphatic heterocycles. The Balaban J connectivity index is 1.28. The summed E-state index contributed by atoms with van der Waals surface area (Å²) in [7, 11) is 0. The lowest BCUT2D eigenvalue weighted by molar-refractivity contribution is 1.03. The quantitative estimate of drug-likeness (QED) is 0.162. The third-order valence-electron chi connectivity index (χ3n) is 14.4. The fraction of sp³-hybridized carbons (Fsp3) is 0. The van der Waals surface area contributed by atoms with E-state index >= 15 is 0 Å². The molecule has 0 radical (unpaired) electrons. The lowest BCUT2D eigenvalue weighted by atomic mass is 10.0. The van der Waals surface area contributed by atoms with Crippen LogP contribution in [0.5, 0.6) is 0 Å². The average molecular weight is 895 g/mol. The first-order valence-corrected chi connectivity index (χ1v) is 23.9. The summed E-state index contributed by atoms with van der Waals surface area (Å²) in [6.45, 7) is 9.63. The van der Waals surface area contributed by atoms with E-state index in [1.54, 1.807) is 0 Å². The number of thiophene rings is 1. The summed E-state index contributed by atoms with van der Waals surface area (Å²) < 4.78 is 11.6. The number of nitriles is 1. The van der Waals surface area contributed by atoms with Crippen LogP contribution in [0.15, 0.2) is 206 Å². The van der Waals surface area contributed by atoms with Crippen molar-refractivity contribution < 1.29 is 0 Å². The van der Waals surface area contributed by atoms with Crippen LogP contribution in [0, 0.1) is 17.9 Å². The molecule has 0 amide bonds. The Bertz CT molecular complexity index is 4510. The van der Waals surface area contributed by atoms with E-state index in [1.165, 1.54) is 20.2 Å². The van der Waals surface area contributed by atoms with Gasteiger partial charge in [-0.05, 0) is 54.6 Å². The molecule has 10 aromatic carbocycles. The van der Waals surface area contributed by atoms with Crippen molar-refractivity contribution in [2.45, 2.75) is 0 Å². The van der Waals surface area contributed by atoms with Gasteiger partial charge in [0.15, 0.2) is 0 Å². The monoisotopic (exact) mass is 894 g/mol. The molecular formula is C62H34N6S. The van der Waals surface area contributed by atoms with Crippen molar-refractivity contribution >= 4 is 124 Å². The highest BCUT2D eigenvalue weighted by molar-refractivity contribution is 7.26. The van der Waals surface area contributed by atoms with Gasteiger partial charge in [0.1, 0.15) is 6.07 Å². The molecule has 0 bridgehead atoms. The minimum Gasteiger partial charge on any atom is -0.318 e. The van der Waals surface area contributed by atoms with Crippen molar-refractivity contribution in [1.29, 1.82) is 5.26 Å². The molecule has 0 saturated carbocycles. The molecule has 69 heavy (non-hydrogen) atoms. The van der Waals surface area contributed by atoms with Gasteiger partial charge in [0.2, 0.25) is 5.69 Å². The Labute approximate surface area is 398 Å². The van der Waals surface area contributed by atoms with E-state index in [-0.39, 0.29) is 0 Å². The SMILES string of the molecule is [C-]#[N+]c1c(-n2c3ccccc3c3ccccc32)c(C#N)c(-n2c3ccccc3c3ccccc32)c(-n2c3ccccc3c3c4sc5ccccc5c4ccc32)c1-n1c2ccccc2c2ccccc21. The van der Waals surface area contributed by atoms with Crippen molar-refractivity contribution in [3.63, 3.8) is 0 Å². The predicted molar refractivity (Wildman–Crippen MR) is 288 cm³/mol. The molecule has 0 unspecified atom stereocenters. The molecule has 0 saturated heterocycles. The first-order valence-electron chi connectivity index (χ1n) is 23.0. The highest BCUT2D eigenvalue weighted by Gasteiger charge is 2.34. The Morgan fingerprint density at radius 1 is 0.348 bits per heavy atom. The van der Waals surface area contributed by atoms with E-state index in [0.717, 1.165) is 92.9 Å². The first-order chi connectivity index (χ1) is 34.2. The van der Waals surface area contributed by atoms with Crippen LogP contribution >= 0.6 is 11.3 Å². The molecular weight excluding hydrogens is 861 g/mol. The van der Waals surface area contributed by atoms with Gasteiger partial charge in [-0.1, -0.05) is 152 Å². The lowest BCUT2D eigenvalue weighted by Gasteiger charge is -2.27. The van der Waals surface area contributed by atoms with Crippen molar-refractivity contribution in [1.82, 2.24) is 18.3 Å². The Hall–Kier alpha value is -9.40. The van der Waals surface area contributed by atoms with Gasteiger partial charge in [-0.15, -0.1) is 11.3 Å². The molecule has 318 valence electrons. The van der Waals surface area contributed by atoms with Gasteiger partial charge in [0.25, 0.3) is 0 Å². The second-order valence-electron chi connectivity index (χ2n) is 17.7. The summed E-state index contributed by atoms with van der Waals surface area (Å²) in [6, 6.07) is 75.4. The van der Waals surface area contributed by atoms with Gasteiger partial charge < -0.3 is 18.3 Å². The zero-order chi connectivity index (χ0) is 45.5. The average Bonchev–Trinajstić information content (AvgIpc) is 4.21. The maximum atomic E-state index is 12.3. The molecule has 0 aliphatic carbocycles. The van der Waals surface area contributed by atoms with E-state index in [4.69, 9.17) is 4.85 Å². The van der Waals surface area contributed by atoms with E-state index in [1.807, 2.05) is 23.5 Å². The fourth-order valence-electron chi connectivity index (χ4n) is 11.7. The number of hydrogen-bond acceptors (Lipinski definition) is 2. The van der Waals surface area contributed by atoms with Crippen molar-refractivity contribution in [2.75, 3.05) is 0 Å². The number of nitrogens with zero attached hydrogens (tertiary/aromatic N) is 6. The van der Waals surface area contributed by atoms with Crippen LogP contribution in [0.25, 0.3) is 135 Å². The number of fused-ring (bicyclic) bond motifs is 16. The summed E-state index contributed by atoms with van der Waals surface area (Å²) >= 11 is 1.82. The van der Waals surface area contributed by atoms with Gasteiger partial charge in [0.05, 0.1) is 79.0 Å². The predicted octanol–water partition coefficient (Wildman–Crippen LogP) is 16.9. The minimum atomic E-state index is 0.373. The van der Waals surface area contributed by atoms with Crippen LogP contribution in [0.2, 0.25) is 0 Å². The third-order valence-corrected chi connectivity index (χ3v) is 15.6. The Kier molecular flexibility index (Phi) is 7.70. The molecule has 5 heterocycles. The number of para-hydroxylation sites is 7. The summed E-state index contributed by atoms with van der Waals surface area (Å²) in [4.78, 5) is 4.71. The van der Waals surface area contributed by atoms with Gasteiger partial charge in [-0.2, -0.15) is 5.26 Å². The van der Waals surface area contributed by atoms with Crippen LogP contribution in [0.1, 0.15) is 5.56 Å². The maximum Gasteiger partial charge on any atom is 0.237 e. The highest BCUT2D eigenvalue weighted by Crippen LogP contribution is 2.53. The van der Waals surface area contributed by atoms with Crippen molar-refractivity contribution in [2.24, 2.45) is 0 Å². The maximum absolute atomic E-state index is 12.3. The summed E-state index contributed by atoms with van der Waals surface area (Å²) in [5.74, 6) is 0. The van der Waals surface area contributed by atoms with Gasteiger partial charge in [0, 0.05) is 63.3 Å². The van der Waals surface area contributed by atoms with Crippen LogP contribution in [0.3, 0.4) is 0 Å². The summed E-state index contributed by atoms with van der Waals surface area (Å²) in [5, 5.41) is 23.4. The Morgan fingerprint density at radius 2 is 0.710 bits per heavy atom. The molecule has 7 heteroatoms. The van der Waals surface area contributed by atoms with Gasteiger partial charge in [-0.3, -0.25) is 0 Å². The van der Waals surface area contributed by atoms with E-state index in [9.17, 15) is 11.8 Å². The van der Waals surface area contributed by atoms with E-state index in [2.05, 4.69) is 218 Å². The van der Waals surface area contributed by atoms with Crippen molar-refractivity contribution in [3.05, 3.63) is 223 Å². The number of aromatic nitrogens is 4. The summed E-state index contributed by atoms with van der Waals surface area (Å²) in [6.07, 6.45) is 0. The van der Waals surface area contributed by atoms with Crippen LogP contribution in [0.4, 0.5) is 5.69 Å². The molecule has 0 fully saturated rings. The third kappa shape index (κ3) is 4.91. The van der Waals surface area contributed by atoms with Crippen LogP contribution < -0.4 is 0 Å². The fourth-order valence-corrected chi connectivity index (χ4v) is 13.0. The first kappa shape index (κ1) is 37.8. The standard InChI is InChI=1S/C62H34N6S/c1-64-57-58(65-47-26-10-2-18-37(47)38-19-3-11-27-48(38)65)46(36-63)59(66-49-28-12-4-20-39(49)40-21-5-13-29-50(40)66)61(60(57)67-51-30-14-6-22-41(51)42-23-7-15-31-52(42)67)68-53-32-16-8-25-45(53)56-54(68)35-34-44-43-24-9-17-33-55(43)69-62(44)56/h2-35H. The molecule has 0 N–H and O–H groups in total. The largest absolute Gasteiger partial charge is 0.318 e. The Morgan fingerprint density at radius 3 is 1.16 bits per heavy atom. The molecule has 6 nitrogen and oxygen atoms in total. The molecule has 15 rings (SSSR count). The molecule has 15 aromatic rings. The van der Waals surface area contributed by atoms with E-state index in [0.29, 0.717) is 28.3 Å². The van der Waals surface area contributed by atoms with Crippen LogP contribution in [-0.4, -0.2) is 18.3 Å². The number of hydrogen-bond donors (Lipinski definition) is 0. The second kappa shape index (κ2) is 14.1. The van der Waals surface area contributed by atoms with Crippen LogP contribution in [-0.2, 0) is 0 Å². The zero-order valence-corrected chi connectivity index (χ0v) is 37.5. The molecule has 0 atom stereocenters. The highest BCUT2D eigenvalue weighted by atomic mass is 32.1. The number of rotatable bonds is 4. The van der Waals surface area contributed by atoms with Gasteiger partial charge >= 0.3 is 0 Å². The smallest absolute Gasteiger partial charge is 0.237 e. The zero-order valence-electron chi connectivity index (χ0n) is 36.7.